The summed E-state index contributed by atoms with van der Waals surface area (Å²) >= 11 is 3.24. The van der Waals surface area contributed by atoms with Crippen molar-refractivity contribution < 1.29 is 9.13 Å². The van der Waals surface area contributed by atoms with Gasteiger partial charge in [0.1, 0.15) is 5.82 Å². The number of nitrogens with zero attached hydrogens (tertiary/aromatic N) is 1. The molecule has 1 heterocycles. The van der Waals surface area contributed by atoms with Crippen LogP contribution in [-0.4, -0.2) is 38.3 Å². The van der Waals surface area contributed by atoms with E-state index < -0.39 is 0 Å². The zero-order valence-corrected chi connectivity index (χ0v) is 13.4. The van der Waals surface area contributed by atoms with Crippen LogP contribution in [0, 0.1) is 11.7 Å². The Kier molecular flexibility index (Phi) is 5.96. The number of hydrogen-bond donors (Lipinski definition) is 1. The van der Waals surface area contributed by atoms with Gasteiger partial charge >= 0.3 is 0 Å². The van der Waals surface area contributed by atoms with Crippen molar-refractivity contribution in [3.63, 3.8) is 0 Å². The first-order valence-electron chi connectivity index (χ1n) is 7.04. The first-order chi connectivity index (χ1) is 9.61. The van der Waals surface area contributed by atoms with Crippen molar-refractivity contribution in [1.29, 1.82) is 0 Å². The van der Waals surface area contributed by atoms with E-state index in [0.29, 0.717) is 16.9 Å². The Bertz CT molecular complexity index is 438. The fourth-order valence-electron chi connectivity index (χ4n) is 2.75. The molecular weight excluding hydrogens is 323 g/mol. The molecule has 0 spiro atoms. The minimum Gasteiger partial charge on any atom is -0.381 e. The van der Waals surface area contributed by atoms with Crippen LogP contribution in [-0.2, 0) is 4.74 Å². The van der Waals surface area contributed by atoms with E-state index in [0.717, 1.165) is 38.2 Å². The topological polar surface area (TPSA) is 38.5 Å². The van der Waals surface area contributed by atoms with Gasteiger partial charge in [-0.15, -0.1) is 0 Å². The molecule has 1 aromatic carbocycles. The molecule has 1 fully saturated rings. The molecule has 5 heteroatoms. The predicted molar refractivity (Wildman–Crippen MR) is 82.1 cm³/mol. The van der Waals surface area contributed by atoms with Crippen molar-refractivity contribution in [2.75, 3.05) is 33.4 Å². The van der Waals surface area contributed by atoms with Crippen molar-refractivity contribution in [1.82, 2.24) is 4.90 Å². The van der Waals surface area contributed by atoms with E-state index in [4.69, 9.17) is 10.5 Å². The summed E-state index contributed by atoms with van der Waals surface area (Å²) < 4.78 is 19.2. The van der Waals surface area contributed by atoms with Gasteiger partial charge in [0.2, 0.25) is 0 Å². The Balaban J connectivity index is 2.03. The summed E-state index contributed by atoms with van der Waals surface area (Å²) in [5, 5.41) is 0. The van der Waals surface area contributed by atoms with Gasteiger partial charge < -0.3 is 10.5 Å². The molecule has 2 N–H and O–H groups in total. The Morgan fingerprint density at radius 2 is 2.15 bits per heavy atom. The molecule has 1 aliphatic rings. The predicted octanol–water partition coefficient (Wildman–Crippen LogP) is 2.95. The number of nitrogens with two attached hydrogens (primary N) is 1. The van der Waals surface area contributed by atoms with Crippen LogP contribution in [0.2, 0.25) is 0 Å². The largest absolute Gasteiger partial charge is 0.381 e. The van der Waals surface area contributed by atoms with Gasteiger partial charge in [-0.1, -0.05) is 6.07 Å². The van der Waals surface area contributed by atoms with E-state index in [9.17, 15) is 4.39 Å². The lowest BCUT2D eigenvalue weighted by Gasteiger charge is -2.32. The van der Waals surface area contributed by atoms with Gasteiger partial charge in [-0.25, -0.2) is 4.39 Å². The fourth-order valence-corrected chi connectivity index (χ4v) is 3.15. The van der Waals surface area contributed by atoms with Crippen molar-refractivity contribution >= 4 is 15.9 Å². The van der Waals surface area contributed by atoms with E-state index in [1.807, 2.05) is 12.1 Å². The summed E-state index contributed by atoms with van der Waals surface area (Å²) in [6, 6.07) is 5.25. The smallest absolute Gasteiger partial charge is 0.137 e. The summed E-state index contributed by atoms with van der Waals surface area (Å²) in [4.78, 5) is 2.27. The summed E-state index contributed by atoms with van der Waals surface area (Å²) in [5.41, 5.74) is 6.97. The number of hydrogen-bond acceptors (Lipinski definition) is 3. The summed E-state index contributed by atoms with van der Waals surface area (Å²) in [6.07, 6.45) is 2.21. The Morgan fingerprint density at radius 1 is 1.45 bits per heavy atom. The monoisotopic (exact) mass is 344 g/mol. The number of ether oxygens (including phenoxy) is 1. The lowest BCUT2D eigenvalue weighted by Crippen LogP contribution is -2.36. The van der Waals surface area contributed by atoms with Crippen LogP contribution in [0.15, 0.2) is 22.7 Å². The van der Waals surface area contributed by atoms with Gasteiger partial charge in [0.15, 0.2) is 0 Å². The maximum atomic E-state index is 13.3. The fraction of sp³-hybridized carbons (Fsp3) is 0.600. The van der Waals surface area contributed by atoms with Crippen LogP contribution >= 0.6 is 15.9 Å². The molecule has 112 valence electrons. The zero-order chi connectivity index (χ0) is 14.5. The summed E-state index contributed by atoms with van der Waals surface area (Å²) in [6.45, 7) is 3.24. The molecule has 0 bridgehead atoms. The van der Waals surface area contributed by atoms with Crippen molar-refractivity contribution in [2.24, 2.45) is 11.7 Å². The van der Waals surface area contributed by atoms with E-state index in [1.165, 1.54) is 6.07 Å². The molecule has 1 unspecified atom stereocenters. The van der Waals surface area contributed by atoms with Crippen molar-refractivity contribution in [2.45, 2.75) is 18.9 Å². The molecular formula is C15H22BrFN2O. The van der Waals surface area contributed by atoms with Crippen molar-refractivity contribution in [3.8, 4) is 0 Å². The maximum absolute atomic E-state index is 13.3. The second-order valence-corrected chi connectivity index (χ2v) is 6.27. The Morgan fingerprint density at radius 3 is 2.75 bits per heavy atom. The van der Waals surface area contributed by atoms with Crippen LogP contribution in [0.3, 0.4) is 0 Å². The first-order valence-corrected chi connectivity index (χ1v) is 7.84. The SMILES string of the molecule is CN(CC1CCOCC1)C(CN)c1ccc(F)c(Br)c1. The lowest BCUT2D eigenvalue weighted by molar-refractivity contribution is 0.0507. The molecule has 0 saturated carbocycles. The average Bonchev–Trinajstić information content (AvgIpc) is 2.44. The standard InChI is InChI=1S/C15H22BrFN2O/c1-19(10-11-4-6-20-7-5-11)15(9-18)12-2-3-14(17)13(16)8-12/h2-3,8,11,15H,4-7,9-10,18H2,1H3. The molecule has 1 aromatic rings. The molecule has 0 aromatic heterocycles. The Hall–Kier alpha value is -0.490. The molecule has 0 radical (unpaired) electrons. The van der Waals surface area contributed by atoms with Gasteiger partial charge in [0.05, 0.1) is 4.47 Å². The number of likely N-dealkylation sites (N-methyl/N-ethyl adjacent to an activating group) is 1. The lowest BCUT2D eigenvalue weighted by atomic mass is 9.98. The quantitative estimate of drug-likeness (QED) is 0.892. The third kappa shape index (κ3) is 4.01. The highest BCUT2D eigenvalue weighted by atomic mass is 79.9. The van der Waals surface area contributed by atoms with Gasteiger partial charge in [-0.2, -0.15) is 0 Å². The molecule has 1 aliphatic heterocycles. The third-order valence-electron chi connectivity index (χ3n) is 3.97. The molecule has 1 atom stereocenters. The van der Waals surface area contributed by atoms with Crippen LogP contribution in [0.1, 0.15) is 24.4 Å². The van der Waals surface area contributed by atoms with Gasteiger partial charge in [0.25, 0.3) is 0 Å². The molecule has 0 aliphatic carbocycles. The second-order valence-electron chi connectivity index (χ2n) is 5.42. The summed E-state index contributed by atoms with van der Waals surface area (Å²) in [5.74, 6) is 0.420. The molecule has 3 nitrogen and oxygen atoms in total. The van der Waals surface area contributed by atoms with E-state index >= 15 is 0 Å². The second kappa shape index (κ2) is 7.50. The highest BCUT2D eigenvalue weighted by Crippen LogP contribution is 2.26. The number of benzene rings is 1. The van der Waals surface area contributed by atoms with Crippen LogP contribution in [0.5, 0.6) is 0 Å². The van der Waals surface area contributed by atoms with Gasteiger partial charge in [-0.05, 0) is 59.4 Å². The van der Waals surface area contributed by atoms with Gasteiger partial charge in [-0.3, -0.25) is 4.90 Å². The Labute approximate surface area is 128 Å². The maximum Gasteiger partial charge on any atom is 0.137 e. The average molecular weight is 345 g/mol. The van der Waals surface area contributed by atoms with E-state index in [-0.39, 0.29) is 11.9 Å². The minimum absolute atomic E-state index is 0.120. The number of halogens is 2. The zero-order valence-electron chi connectivity index (χ0n) is 11.8. The number of rotatable bonds is 5. The normalized spacial score (nSPS) is 18.4. The molecule has 20 heavy (non-hydrogen) atoms. The highest BCUT2D eigenvalue weighted by Gasteiger charge is 2.21. The van der Waals surface area contributed by atoms with Crippen LogP contribution in [0.4, 0.5) is 4.39 Å². The molecule has 1 saturated heterocycles. The van der Waals surface area contributed by atoms with Crippen LogP contribution in [0.25, 0.3) is 0 Å². The molecule has 0 amide bonds. The first kappa shape index (κ1) is 15.9. The van der Waals surface area contributed by atoms with E-state index in [2.05, 4.69) is 27.9 Å². The van der Waals surface area contributed by atoms with E-state index in [1.54, 1.807) is 0 Å². The minimum atomic E-state index is -0.239. The van der Waals surface area contributed by atoms with Crippen molar-refractivity contribution in [3.05, 3.63) is 34.1 Å². The molecule has 2 rings (SSSR count). The third-order valence-corrected chi connectivity index (χ3v) is 4.58. The van der Waals surface area contributed by atoms with Crippen LogP contribution < -0.4 is 5.73 Å². The summed E-state index contributed by atoms with van der Waals surface area (Å²) in [7, 11) is 2.09. The van der Waals surface area contributed by atoms with Gasteiger partial charge in [0, 0.05) is 32.3 Å². The highest BCUT2D eigenvalue weighted by molar-refractivity contribution is 9.10.